The highest BCUT2D eigenvalue weighted by Gasteiger charge is 1.77. The third-order valence-corrected chi connectivity index (χ3v) is 1.05. The molecular weight excluding hydrogens is 122 g/mol. The summed E-state index contributed by atoms with van der Waals surface area (Å²) in [6, 6.07) is 0. The molecule has 0 radical (unpaired) electrons. The molecule has 0 fully saturated rings. The number of nitrogens with one attached hydrogen (secondary N) is 1. The largest absolute Gasteiger partial charge is 0.306 e. The Morgan fingerprint density at radius 1 is 1.20 bits per heavy atom. The molecule has 0 rings (SSSR count). The van der Waals surface area contributed by atoms with Gasteiger partial charge in [-0.05, 0) is 26.8 Å². The zero-order valence-corrected chi connectivity index (χ0v) is 6.23. The van der Waals surface area contributed by atoms with E-state index in [1.165, 1.54) is 5.57 Å². The fourth-order valence-corrected chi connectivity index (χ4v) is 0.353. The van der Waals surface area contributed by atoms with Gasteiger partial charge in [-0.2, -0.15) is 0 Å². The third kappa shape index (κ3) is 7.15. The van der Waals surface area contributed by atoms with Gasteiger partial charge in [0.2, 0.25) is 0 Å². The normalized spacial score (nSPS) is 11.3. The lowest BCUT2D eigenvalue weighted by Crippen LogP contribution is -1.77. The summed E-state index contributed by atoms with van der Waals surface area (Å²) in [4.78, 5) is 0. The van der Waals surface area contributed by atoms with E-state index < -0.39 is 0 Å². The van der Waals surface area contributed by atoms with Crippen molar-refractivity contribution in [2.24, 2.45) is 0 Å². The highest BCUT2D eigenvalue weighted by atomic mass is 14.4. The summed E-state index contributed by atoms with van der Waals surface area (Å²) in [6.07, 6.45) is 5.73. The van der Waals surface area contributed by atoms with E-state index in [-0.39, 0.29) is 7.43 Å². The van der Waals surface area contributed by atoms with Crippen LogP contribution in [0, 0.1) is 5.41 Å². The molecule has 1 nitrogen and oxygen atoms in total. The van der Waals surface area contributed by atoms with E-state index in [1.807, 2.05) is 26.0 Å². The van der Waals surface area contributed by atoms with Crippen molar-refractivity contribution in [3.63, 3.8) is 0 Å². The van der Waals surface area contributed by atoms with Crippen LogP contribution in [0.4, 0.5) is 0 Å². The number of hydrogen-bond donors (Lipinski definition) is 1. The second-order valence-corrected chi connectivity index (χ2v) is 2.05. The molecule has 0 aliphatic rings. The summed E-state index contributed by atoms with van der Waals surface area (Å²) in [7, 11) is 0. The number of rotatable bonds is 2. The molecule has 0 amide bonds. The lowest BCUT2D eigenvalue weighted by atomic mass is 10.2. The molecule has 0 aliphatic carbocycles. The molecule has 0 bridgehead atoms. The molecule has 0 spiro atoms. The lowest BCUT2D eigenvalue weighted by molar-refractivity contribution is 1.46. The predicted molar refractivity (Wildman–Crippen MR) is 48.7 cm³/mol. The van der Waals surface area contributed by atoms with Gasteiger partial charge in [-0.3, -0.25) is 0 Å². The highest BCUT2D eigenvalue weighted by molar-refractivity contribution is 5.90. The Morgan fingerprint density at radius 2 is 1.70 bits per heavy atom. The molecular formula is C9H17N. The van der Waals surface area contributed by atoms with Crippen molar-refractivity contribution in [3.8, 4) is 0 Å². The molecule has 0 aliphatic heterocycles. The summed E-state index contributed by atoms with van der Waals surface area (Å²) in [5, 5.41) is 7.05. The zero-order chi connectivity index (χ0) is 7.28. The maximum Gasteiger partial charge on any atom is 0.0283 e. The van der Waals surface area contributed by atoms with E-state index in [9.17, 15) is 0 Å². The fraction of sp³-hybridized carbons (Fsp3) is 0.444. The SMILES string of the molecule is C.C/C=C(C)\C=C/C(C)=N. The van der Waals surface area contributed by atoms with E-state index in [4.69, 9.17) is 5.41 Å². The first-order valence-electron chi connectivity index (χ1n) is 3.03. The van der Waals surface area contributed by atoms with Crippen LogP contribution in [0.5, 0.6) is 0 Å². The minimum absolute atomic E-state index is 0. The van der Waals surface area contributed by atoms with Crippen LogP contribution < -0.4 is 0 Å². The average Bonchev–Trinajstić information content (AvgIpc) is 1.83. The van der Waals surface area contributed by atoms with Crippen LogP contribution in [0.3, 0.4) is 0 Å². The molecule has 0 unspecified atom stereocenters. The van der Waals surface area contributed by atoms with E-state index in [2.05, 4.69) is 0 Å². The van der Waals surface area contributed by atoms with Gasteiger partial charge in [0.1, 0.15) is 0 Å². The molecule has 0 heterocycles. The molecule has 10 heavy (non-hydrogen) atoms. The van der Waals surface area contributed by atoms with Crippen LogP contribution in [-0.4, -0.2) is 5.71 Å². The topological polar surface area (TPSA) is 23.9 Å². The van der Waals surface area contributed by atoms with Gasteiger partial charge in [-0.1, -0.05) is 25.2 Å². The van der Waals surface area contributed by atoms with Gasteiger partial charge in [0, 0.05) is 5.71 Å². The van der Waals surface area contributed by atoms with Crippen molar-refractivity contribution in [1.29, 1.82) is 5.41 Å². The lowest BCUT2D eigenvalue weighted by Gasteiger charge is -1.85. The minimum Gasteiger partial charge on any atom is -0.306 e. The summed E-state index contributed by atoms with van der Waals surface area (Å²) in [5.74, 6) is 0. The van der Waals surface area contributed by atoms with Crippen molar-refractivity contribution in [3.05, 3.63) is 23.8 Å². The molecule has 0 saturated heterocycles. The maximum atomic E-state index is 7.05. The van der Waals surface area contributed by atoms with E-state index >= 15 is 0 Å². The highest BCUT2D eigenvalue weighted by Crippen LogP contribution is 1.92. The smallest absolute Gasteiger partial charge is 0.0283 e. The quantitative estimate of drug-likeness (QED) is 0.449. The Morgan fingerprint density at radius 3 is 2.00 bits per heavy atom. The Hall–Kier alpha value is -0.850. The standard InChI is InChI=1S/C8H13N.CH4/c1-4-7(2)5-6-8(3)9;/h4-6,9H,1-3H3;1H4/b6-5-,7-4-,9-8?;. The minimum atomic E-state index is 0. The Bertz CT molecular complexity index is 152. The van der Waals surface area contributed by atoms with Crippen molar-refractivity contribution < 1.29 is 0 Å². The zero-order valence-electron chi connectivity index (χ0n) is 6.23. The summed E-state index contributed by atoms with van der Waals surface area (Å²) in [6.45, 7) is 5.76. The van der Waals surface area contributed by atoms with Crippen LogP contribution in [0.1, 0.15) is 28.2 Å². The molecule has 1 N–H and O–H groups in total. The van der Waals surface area contributed by atoms with Crippen molar-refractivity contribution in [2.45, 2.75) is 28.2 Å². The summed E-state index contributed by atoms with van der Waals surface area (Å²) >= 11 is 0. The van der Waals surface area contributed by atoms with Crippen molar-refractivity contribution in [1.82, 2.24) is 0 Å². The Balaban J connectivity index is 0. The first-order valence-corrected chi connectivity index (χ1v) is 3.03. The summed E-state index contributed by atoms with van der Waals surface area (Å²) in [5.41, 5.74) is 1.79. The van der Waals surface area contributed by atoms with Crippen LogP contribution in [0.25, 0.3) is 0 Å². The third-order valence-electron chi connectivity index (χ3n) is 1.05. The van der Waals surface area contributed by atoms with Gasteiger partial charge < -0.3 is 5.41 Å². The molecule has 0 aromatic heterocycles. The Labute approximate surface area is 64.0 Å². The summed E-state index contributed by atoms with van der Waals surface area (Å²) < 4.78 is 0. The molecule has 0 aromatic carbocycles. The maximum absolute atomic E-state index is 7.05. The fourth-order valence-electron chi connectivity index (χ4n) is 0.353. The van der Waals surface area contributed by atoms with Gasteiger partial charge in [-0.25, -0.2) is 0 Å². The molecule has 0 saturated carbocycles. The van der Waals surface area contributed by atoms with Gasteiger partial charge >= 0.3 is 0 Å². The first kappa shape index (κ1) is 11.9. The van der Waals surface area contributed by atoms with E-state index in [1.54, 1.807) is 13.0 Å². The second kappa shape index (κ2) is 6.27. The molecule has 0 aromatic rings. The van der Waals surface area contributed by atoms with Crippen LogP contribution in [0.15, 0.2) is 23.8 Å². The first-order chi connectivity index (χ1) is 4.16. The van der Waals surface area contributed by atoms with Gasteiger partial charge in [0.15, 0.2) is 0 Å². The van der Waals surface area contributed by atoms with E-state index in [0.29, 0.717) is 5.71 Å². The predicted octanol–water partition coefficient (Wildman–Crippen LogP) is 3.18. The van der Waals surface area contributed by atoms with Crippen LogP contribution in [0.2, 0.25) is 0 Å². The number of allylic oxidation sites excluding steroid dienone is 4. The molecule has 58 valence electrons. The van der Waals surface area contributed by atoms with Crippen molar-refractivity contribution in [2.75, 3.05) is 0 Å². The van der Waals surface area contributed by atoms with Gasteiger partial charge in [-0.15, -0.1) is 0 Å². The second-order valence-electron chi connectivity index (χ2n) is 2.05. The van der Waals surface area contributed by atoms with Crippen molar-refractivity contribution >= 4 is 5.71 Å². The van der Waals surface area contributed by atoms with Gasteiger partial charge in [0.05, 0.1) is 0 Å². The van der Waals surface area contributed by atoms with Crippen LogP contribution >= 0.6 is 0 Å². The number of hydrogen-bond acceptors (Lipinski definition) is 1. The van der Waals surface area contributed by atoms with E-state index in [0.717, 1.165) is 0 Å². The van der Waals surface area contributed by atoms with Crippen LogP contribution in [-0.2, 0) is 0 Å². The Kier molecular flexibility index (Phi) is 7.46. The average molecular weight is 139 g/mol. The molecule has 0 atom stereocenters. The molecule has 1 heteroatoms. The monoisotopic (exact) mass is 139 g/mol. The van der Waals surface area contributed by atoms with Gasteiger partial charge in [0.25, 0.3) is 0 Å².